The van der Waals surface area contributed by atoms with E-state index < -0.39 is 0 Å². The maximum Gasteiger partial charge on any atom is 0.251 e. The number of carbonyl (C=O) groups is 2. The third kappa shape index (κ3) is 6.13. The largest absolute Gasteiger partial charge is 0.376 e. The number of halogens is 3. The molecule has 8 heteroatoms. The fourth-order valence-corrected chi connectivity index (χ4v) is 3.24. The number of hydrogen-bond donors (Lipinski definition) is 3. The molecule has 0 saturated heterocycles. The molecule has 0 aliphatic heterocycles. The normalized spacial score (nSPS) is 10.4. The summed E-state index contributed by atoms with van der Waals surface area (Å²) in [5.74, 6) is -0.524. The van der Waals surface area contributed by atoms with Gasteiger partial charge in [-0.15, -0.1) is 0 Å². The van der Waals surface area contributed by atoms with Crippen LogP contribution in [0.2, 0.25) is 15.1 Å². The van der Waals surface area contributed by atoms with Crippen LogP contribution in [0.5, 0.6) is 0 Å². The van der Waals surface area contributed by atoms with E-state index in [1.54, 1.807) is 24.3 Å². The van der Waals surface area contributed by atoms with Gasteiger partial charge in [0, 0.05) is 17.8 Å². The molecule has 0 aliphatic rings. The molecule has 3 aromatic rings. The minimum absolute atomic E-state index is 0.0222. The molecular formula is C22H18Cl3N3O2. The number of benzene rings is 3. The molecule has 0 heterocycles. The van der Waals surface area contributed by atoms with Gasteiger partial charge in [-0.1, -0.05) is 71.2 Å². The maximum absolute atomic E-state index is 12.4. The SMILES string of the molecule is O=C(CNc1cccc(C(=O)NCc2ccccc2)c1)Nc1cc(Cl)c(Cl)cc1Cl. The zero-order valence-corrected chi connectivity index (χ0v) is 18.0. The van der Waals surface area contributed by atoms with Gasteiger partial charge in [0.1, 0.15) is 0 Å². The molecule has 0 spiro atoms. The number of rotatable bonds is 7. The number of anilines is 2. The van der Waals surface area contributed by atoms with E-state index in [1.165, 1.54) is 12.1 Å². The first-order chi connectivity index (χ1) is 14.4. The molecule has 30 heavy (non-hydrogen) atoms. The van der Waals surface area contributed by atoms with Crippen LogP contribution in [0.15, 0.2) is 66.7 Å². The zero-order valence-electron chi connectivity index (χ0n) is 15.7. The summed E-state index contributed by atoms with van der Waals surface area (Å²) in [4.78, 5) is 24.6. The van der Waals surface area contributed by atoms with Crippen LogP contribution in [-0.4, -0.2) is 18.4 Å². The highest BCUT2D eigenvalue weighted by Crippen LogP contribution is 2.32. The number of nitrogens with one attached hydrogen (secondary N) is 3. The molecule has 0 aromatic heterocycles. The van der Waals surface area contributed by atoms with Crippen molar-refractivity contribution in [2.24, 2.45) is 0 Å². The molecule has 0 aliphatic carbocycles. The Bertz CT molecular complexity index is 1060. The zero-order chi connectivity index (χ0) is 21.5. The lowest BCUT2D eigenvalue weighted by Crippen LogP contribution is -2.24. The molecule has 0 unspecified atom stereocenters. The topological polar surface area (TPSA) is 70.2 Å². The van der Waals surface area contributed by atoms with E-state index in [1.807, 2.05) is 30.3 Å². The molecule has 3 aromatic carbocycles. The molecular weight excluding hydrogens is 445 g/mol. The van der Waals surface area contributed by atoms with Gasteiger partial charge in [0.2, 0.25) is 5.91 Å². The summed E-state index contributed by atoms with van der Waals surface area (Å²) < 4.78 is 0. The second-order valence-corrected chi connectivity index (χ2v) is 7.62. The summed E-state index contributed by atoms with van der Waals surface area (Å²) in [5, 5.41) is 9.41. The van der Waals surface area contributed by atoms with Crippen molar-refractivity contribution in [1.82, 2.24) is 5.32 Å². The molecule has 0 atom stereocenters. The first kappa shape index (κ1) is 22.0. The van der Waals surface area contributed by atoms with Gasteiger partial charge in [-0.25, -0.2) is 0 Å². The van der Waals surface area contributed by atoms with Crippen molar-refractivity contribution in [3.05, 3.63) is 92.9 Å². The first-order valence-electron chi connectivity index (χ1n) is 9.03. The molecule has 2 amide bonds. The predicted octanol–water partition coefficient (Wildman–Crippen LogP) is 5.63. The van der Waals surface area contributed by atoms with Crippen LogP contribution in [-0.2, 0) is 11.3 Å². The highest BCUT2D eigenvalue weighted by Gasteiger charge is 2.10. The van der Waals surface area contributed by atoms with Crippen LogP contribution in [0, 0.1) is 0 Å². The Balaban J connectivity index is 1.55. The van der Waals surface area contributed by atoms with E-state index in [4.69, 9.17) is 34.8 Å². The minimum atomic E-state index is -0.325. The Morgan fingerprint density at radius 1 is 0.800 bits per heavy atom. The van der Waals surface area contributed by atoms with Crippen LogP contribution in [0.25, 0.3) is 0 Å². The van der Waals surface area contributed by atoms with Crippen molar-refractivity contribution in [2.45, 2.75) is 6.54 Å². The second-order valence-electron chi connectivity index (χ2n) is 6.40. The summed E-state index contributed by atoms with van der Waals surface area (Å²) in [6.45, 7) is 0.413. The van der Waals surface area contributed by atoms with Gasteiger partial charge in [0.15, 0.2) is 0 Å². The fraction of sp³-hybridized carbons (Fsp3) is 0.0909. The smallest absolute Gasteiger partial charge is 0.251 e. The van der Waals surface area contributed by atoms with Crippen molar-refractivity contribution >= 4 is 58.0 Å². The fourth-order valence-electron chi connectivity index (χ4n) is 2.65. The molecule has 3 rings (SSSR count). The average Bonchev–Trinajstić information content (AvgIpc) is 2.75. The molecule has 0 saturated carbocycles. The monoisotopic (exact) mass is 461 g/mol. The van der Waals surface area contributed by atoms with Gasteiger partial charge >= 0.3 is 0 Å². The van der Waals surface area contributed by atoms with Crippen LogP contribution in [0.3, 0.4) is 0 Å². The standard InChI is InChI=1S/C22H18Cl3N3O2/c23-17-10-19(25)20(11-18(17)24)28-21(29)13-26-16-8-4-7-15(9-16)22(30)27-12-14-5-2-1-3-6-14/h1-11,26H,12-13H2,(H,27,30)(H,28,29). The molecule has 0 fully saturated rings. The molecule has 5 nitrogen and oxygen atoms in total. The number of amides is 2. The summed E-state index contributed by atoms with van der Waals surface area (Å²) in [5.41, 5.74) is 2.51. The van der Waals surface area contributed by atoms with Crippen LogP contribution >= 0.6 is 34.8 Å². The van der Waals surface area contributed by atoms with Gasteiger partial charge in [-0.2, -0.15) is 0 Å². The Kier molecular flexibility index (Phi) is 7.57. The lowest BCUT2D eigenvalue weighted by Gasteiger charge is -2.11. The Hall–Kier alpha value is -2.73. The second kappa shape index (κ2) is 10.3. The van der Waals surface area contributed by atoms with Gasteiger partial charge in [0.05, 0.1) is 27.3 Å². The highest BCUT2D eigenvalue weighted by atomic mass is 35.5. The van der Waals surface area contributed by atoms with Crippen molar-refractivity contribution in [3.8, 4) is 0 Å². The van der Waals surface area contributed by atoms with Gasteiger partial charge in [0.25, 0.3) is 5.91 Å². The Labute approximate surface area is 189 Å². The van der Waals surface area contributed by atoms with E-state index >= 15 is 0 Å². The third-order valence-corrected chi connectivity index (χ3v) is 5.19. The average molecular weight is 463 g/mol. The lowest BCUT2D eigenvalue weighted by atomic mass is 10.1. The minimum Gasteiger partial charge on any atom is -0.376 e. The van der Waals surface area contributed by atoms with E-state index in [2.05, 4.69) is 16.0 Å². The van der Waals surface area contributed by atoms with E-state index in [0.717, 1.165) is 5.56 Å². The van der Waals surface area contributed by atoms with Crippen molar-refractivity contribution in [2.75, 3.05) is 17.2 Å². The summed E-state index contributed by atoms with van der Waals surface area (Å²) in [6.07, 6.45) is 0. The van der Waals surface area contributed by atoms with Crippen LogP contribution < -0.4 is 16.0 Å². The van der Waals surface area contributed by atoms with Crippen LogP contribution in [0.4, 0.5) is 11.4 Å². The molecule has 0 radical (unpaired) electrons. The van der Waals surface area contributed by atoms with Gasteiger partial charge < -0.3 is 16.0 Å². The summed E-state index contributed by atoms with van der Waals surface area (Å²) >= 11 is 17.9. The summed E-state index contributed by atoms with van der Waals surface area (Å²) in [7, 11) is 0. The maximum atomic E-state index is 12.4. The predicted molar refractivity (Wildman–Crippen MR) is 123 cm³/mol. The molecule has 154 valence electrons. The lowest BCUT2D eigenvalue weighted by molar-refractivity contribution is -0.114. The molecule has 3 N–H and O–H groups in total. The molecule has 0 bridgehead atoms. The van der Waals surface area contributed by atoms with Gasteiger partial charge in [-0.3, -0.25) is 9.59 Å². The Morgan fingerprint density at radius 3 is 2.30 bits per heavy atom. The first-order valence-corrected chi connectivity index (χ1v) is 10.2. The highest BCUT2D eigenvalue weighted by molar-refractivity contribution is 6.44. The van der Waals surface area contributed by atoms with E-state index in [9.17, 15) is 9.59 Å². The quantitative estimate of drug-likeness (QED) is 0.399. The summed E-state index contributed by atoms with van der Waals surface area (Å²) in [6, 6.07) is 19.5. The van der Waals surface area contributed by atoms with Gasteiger partial charge in [-0.05, 0) is 35.9 Å². The Morgan fingerprint density at radius 2 is 1.53 bits per heavy atom. The third-order valence-electron chi connectivity index (χ3n) is 4.16. The van der Waals surface area contributed by atoms with E-state index in [0.29, 0.717) is 33.5 Å². The van der Waals surface area contributed by atoms with Crippen molar-refractivity contribution < 1.29 is 9.59 Å². The number of carbonyl (C=O) groups excluding carboxylic acids is 2. The van der Waals surface area contributed by atoms with Crippen LogP contribution in [0.1, 0.15) is 15.9 Å². The van der Waals surface area contributed by atoms with Crippen molar-refractivity contribution in [1.29, 1.82) is 0 Å². The number of hydrogen-bond acceptors (Lipinski definition) is 3. The van der Waals surface area contributed by atoms with Crippen molar-refractivity contribution in [3.63, 3.8) is 0 Å². The van der Waals surface area contributed by atoms with E-state index in [-0.39, 0.29) is 23.4 Å².